The maximum Gasteiger partial charge on any atom is 0.254 e. The van der Waals surface area contributed by atoms with Gasteiger partial charge in [-0.3, -0.25) is 4.79 Å². The Labute approximate surface area is 112 Å². The second-order valence-corrected chi connectivity index (χ2v) is 4.58. The number of nitrogens with zero attached hydrogens (tertiary/aromatic N) is 1. The predicted molar refractivity (Wildman–Crippen MR) is 70.7 cm³/mol. The lowest BCUT2D eigenvalue weighted by atomic mass is 10.1. The molecule has 0 radical (unpaired) electrons. The Kier molecular flexibility index (Phi) is 4.27. The van der Waals surface area contributed by atoms with Crippen LogP contribution in [-0.4, -0.2) is 49.3 Å². The summed E-state index contributed by atoms with van der Waals surface area (Å²) in [5, 5.41) is 9.29. The highest BCUT2D eigenvalue weighted by Crippen LogP contribution is 2.26. The van der Waals surface area contributed by atoms with Crippen LogP contribution < -0.4 is 9.47 Å². The molecule has 1 unspecified atom stereocenters. The molecular formula is C14H19NO4. The molecule has 0 spiro atoms. The van der Waals surface area contributed by atoms with E-state index in [-0.39, 0.29) is 18.6 Å². The van der Waals surface area contributed by atoms with Crippen molar-refractivity contribution in [1.82, 2.24) is 4.90 Å². The summed E-state index contributed by atoms with van der Waals surface area (Å²) in [6.07, 6.45) is 1.78. The topological polar surface area (TPSA) is 59.0 Å². The zero-order valence-electron chi connectivity index (χ0n) is 11.3. The zero-order chi connectivity index (χ0) is 13.8. The number of likely N-dealkylation sites (tertiary alicyclic amines) is 1. The summed E-state index contributed by atoms with van der Waals surface area (Å²) in [5.41, 5.74) is 0.525. The van der Waals surface area contributed by atoms with E-state index in [1.54, 1.807) is 37.3 Å². The van der Waals surface area contributed by atoms with E-state index in [0.717, 1.165) is 12.8 Å². The van der Waals surface area contributed by atoms with Gasteiger partial charge in [0.25, 0.3) is 5.91 Å². The highest BCUT2D eigenvalue weighted by Gasteiger charge is 2.29. The van der Waals surface area contributed by atoms with Gasteiger partial charge >= 0.3 is 0 Å². The number of methoxy groups -OCH3 is 2. The van der Waals surface area contributed by atoms with Gasteiger partial charge in [-0.05, 0) is 25.0 Å². The van der Waals surface area contributed by atoms with Crippen molar-refractivity contribution in [2.45, 2.75) is 18.9 Å². The Morgan fingerprint density at radius 2 is 1.95 bits per heavy atom. The van der Waals surface area contributed by atoms with Gasteiger partial charge in [0.05, 0.1) is 26.9 Å². The Morgan fingerprint density at radius 1 is 1.32 bits per heavy atom. The van der Waals surface area contributed by atoms with Gasteiger partial charge in [-0.25, -0.2) is 0 Å². The van der Waals surface area contributed by atoms with Crippen molar-refractivity contribution in [3.8, 4) is 11.5 Å². The number of hydrogen-bond acceptors (Lipinski definition) is 4. The molecule has 1 heterocycles. The van der Waals surface area contributed by atoms with Crippen LogP contribution in [0.5, 0.6) is 11.5 Å². The summed E-state index contributed by atoms with van der Waals surface area (Å²) in [7, 11) is 3.10. The average molecular weight is 265 g/mol. The average Bonchev–Trinajstić information content (AvgIpc) is 2.94. The third-order valence-corrected chi connectivity index (χ3v) is 3.45. The third-order valence-electron chi connectivity index (χ3n) is 3.45. The van der Waals surface area contributed by atoms with E-state index in [4.69, 9.17) is 9.47 Å². The fraction of sp³-hybridized carbons (Fsp3) is 0.500. The molecule has 1 N–H and O–H groups in total. The fourth-order valence-electron chi connectivity index (χ4n) is 2.39. The highest BCUT2D eigenvalue weighted by atomic mass is 16.5. The van der Waals surface area contributed by atoms with Crippen molar-refractivity contribution in [1.29, 1.82) is 0 Å². The van der Waals surface area contributed by atoms with Crippen LogP contribution in [-0.2, 0) is 0 Å². The molecule has 0 aromatic heterocycles. The van der Waals surface area contributed by atoms with Crippen molar-refractivity contribution >= 4 is 5.91 Å². The summed E-state index contributed by atoms with van der Waals surface area (Å²) in [5.74, 6) is 1.08. The molecule has 1 atom stereocenters. The molecule has 1 aromatic carbocycles. The standard InChI is InChI=1S/C14H19NO4/c1-18-12-6-10(7-13(8-12)19-2)14(17)15-5-3-4-11(15)9-16/h6-8,11,16H,3-5,9H2,1-2H3. The van der Waals surface area contributed by atoms with Crippen LogP contribution in [0.15, 0.2) is 18.2 Å². The molecule has 104 valence electrons. The van der Waals surface area contributed by atoms with Gasteiger partial charge in [0.2, 0.25) is 0 Å². The molecule has 2 rings (SSSR count). The van der Waals surface area contributed by atoms with Gasteiger partial charge in [-0.1, -0.05) is 0 Å². The number of rotatable bonds is 4. The minimum Gasteiger partial charge on any atom is -0.497 e. The maximum absolute atomic E-state index is 12.5. The van der Waals surface area contributed by atoms with Crippen LogP contribution in [0.4, 0.5) is 0 Å². The number of carbonyl (C=O) groups excluding carboxylic acids is 1. The molecule has 5 heteroatoms. The molecule has 19 heavy (non-hydrogen) atoms. The fourth-order valence-corrected chi connectivity index (χ4v) is 2.39. The summed E-state index contributed by atoms with van der Waals surface area (Å²) in [6, 6.07) is 5.03. The van der Waals surface area contributed by atoms with Crippen LogP contribution in [0.25, 0.3) is 0 Å². The van der Waals surface area contributed by atoms with E-state index < -0.39 is 0 Å². The maximum atomic E-state index is 12.5. The van der Waals surface area contributed by atoms with Gasteiger partial charge in [-0.2, -0.15) is 0 Å². The molecule has 1 aliphatic rings. The summed E-state index contributed by atoms with van der Waals surface area (Å²) in [4.78, 5) is 14.2. The van der Waals surface area contributed by atoms with E-state index >= 15 is 0 Å². The Morgan fingerprint density at radius 3 is 2.47 bits per heavy atom. The summed E-state index contributed by atoms with van der Waals surface area (Å²) < 4.78 is 10.3. The van der Waals surface area contributed by atoms with Crippen LogP contribution in [0, 0.1) is 0 Å². The lowest BCUT2D eigenvalue weighted by Gasteiger charge is -2.23. The van der Waals surface area contributed by atoms with Crippen LogP contribution in [0.1, 0.15) is 23.2 Å². The van der Waals surface area contributed by atoms with Crippen molar-refractivity contribution in [3.05, 3.63) is 23.8 Å². The summed E-state index contributed by atoms with van der Waals surface area (Å²) >= 11 is 0. The molecular weight excluding hydrogens is 246 g/mol. The third kappa shape index (κ3) is 2.81. The largest absolute Gasteiger partial charge is 0.497 e. The van der Waals surface area contributed by atoms with Crippen molar-refractivity contribution in [2.75, 3.05) is 27.4 Å². The van der Waals surface area contributed by atoms with Crippen molar-refractivity contribution in [3.63, 3.8) is 0 Å². The van der Waals surface area contributed by atoms with E-state index in [9.17, 15) is 9.90 Å². The SMILES string of the molecule is COc1cc(OC)cc(C(=O)N2CCCC2CO)c1. The zero-order valence-corrected chi connectivity index (χ0v) is 11.3. The molecule has 1 aliphatic heterocycles. The molecule has 1 amide bonds. The molecule has 1 aromatic rings. The van der Waals surface area contributed by atoms with Gasteiger partial charge in [-0.15, -0.1) is 0 Å². The number of aliphatic hydroxyl groups is 1. The van der Waals surface area contributed by atoms with E-state index in [2.05, 4.69) is 0 Å². The summed E-state index contributed by atoms with van der Waals surface area (Å²) in [6.45, 7) is 0.691. The molecule has 0 aliphatic carbocycles. The molecule has 1 saturated heterocycles. The first kappa shape index (κ1) is 13.7. The van der Waals surface area contributed by atoms with Crippen molar-refractivity contribution < 1.29 is 19.4 Å². The molecule has 1 fully saturated rings. The number of amides is 1. The first-order chi connectivity index (χ1) is 9.19. The Balaban J connectivity index is 2.27. The van der Waals surface area contributed by atoms with Crippen LogP contribution >= 0.6 is 0 Å². The molecule has 0 saturated carbocycles. The number of carbonyl (C=O) groups is 1. The van der Waals surface area contributed by atoms with Gasteiger partial charge in [0.1, 0.15) is 11.5 Å². The van der Waals surface area contributed by atoms with E-state index in [1.807, 2.05) is 0 Å². The van der Waals surface area contributed by atoms with Crippen molar-refractivity contribution in [2.24, 2.45) is 0 Å². The number of aliphatic hydroxyl groups excluding tert-OH is 1. The quantitative estimate of drug-likeness (QED) is 0.891. The van der Waals surface area contributed by atoms with Gasteiger partial charge < -0.3 is 19.5 Å². The van der Waals surface area contributed by atoms with Gasteiger partial charge in [0, 0.05) is 18.2 Å². The highest BCUT2D eigenvalue weighted by molar-refractivity contribution is 5.95. The minimum atomic E-state index is -0.0891. The second kappa shape index (κ2) is 5.93. The lowest BCUT2D eigenvalue weighted by Crippen LogP contribution is -2.37. The Hall–Kier alpha value is -1.75. The first-order valence-electron chi connectivity index (χ1n) is 6.34. The monoisotopic (exact) mass is 265 g/mol. The number of benzene rings is 1. The second-order valence-electron chi connectivity index (χ2n) is 4.58. The Bertz CT molecular complexity index is 439. The van der Waals surface area contributed by atoms with E-state index in [1.165, 1.54) is 0 Å². The number of hydrogen-bond donors (Lipinski definition) is 1. The van der Waals surface area contributed by atoms with Crippen LogP contribution in [0.2, 0.25) is 0 Å². The van der Waals surface area contributed by atoms with E-state index in [0.29, 0.717) is 23.6 Å². The normalized spacial score (nSPS) is 18.5. The van der Waals surface area contributed by atoms with Crippen LogP contribution in [0.3, 0.4) is 0 Å². The number of ether oxygens (including phenoxy) is 2. The van der Waals surface area contributed by atoms with Gasteiger partial charge in [0.15, 0.2) is 0 Å². The predicted octanol–water partition coefficient (Wildman–Crippen LogP) is 1.30. The minimum absolute atomic E-state index is 0.00679. The molecule has 0 bridgehead atoms. The first-order valence-corrected chi connectivity index (χ1v) is 6.34. The smallest absolute Gasteiger partial charge is 0.254 e. The lowest BCUT2D eigenvalue weighted by molar-refractivity contribution is 0.0677. The molecule has 5 nitrogen and oxygen atoms in total.